The van der Waals surface area contributed by atoms with Crippen molar-refractivity contribution >= 4 is 78.9 Å². The lowest BCUT2D eigenvalue weighted by Gasteiger charge is -2.09. The molecule has 0 fully saturated rings. The van der Waals surface area contributed by atoms with Crippen LogP contribution >= 0.6 is 0 Å². The van der Waals surface area contributed by atoms with Crippen LogP contribution in [0.3, 0.4) is 0 Å². The van der Waals surface area contributed by atoms with Gasteiger partial charge in [0.25, 0.3) is 0 Å². The predicted molar refractivity (Wildman–Crippen MR) is 222 cm³/mol. The van der Waals surface area contributed by atoms with Crippen LogP contribution in [0, 0.1) is 0 Å². The van der Waals surface area contributed by atoms with Gasteiger partial charge in [-0.3, -0.25) is 4.99 Å². The molecule has 5 heteroatoms. The van der Waals surface area contributed by atoms with Gasteiger partial charge in [0.05, 0.1) is 12.1 Å². The van der Waals surface area contributed by atoms with E-state index in [-0.39, 0.29) is 0 Å². The summed E-state index contributed by atoms with van der Waals surface area (Å²) in [7, 11) is 0. The quantitative estimate of drug-likeness (QED) is 0.0953. The molecule has 0 spiro atoms. The molecular weight excluding hydrogens is 651 g/mol. The van der Waals surface area contributed by atoms with Crippen LogP contribution in [-0.2, 0) is 6.54 Å². The van der Waals surface area contributed by atoms with Crippen molar-refractivity contribution in [3.05, 3.63) is 187 Å². The molecule has 0 N–H and O–H groups in total. The van der Waals surface area contributed by atoms with E-state index in [0.29, 0.717) is 29.6 Å². The molecule has 2 aromatic heterocycles. The molecule has 0 radical (unpaired) electrons. The monoisotopic (exact) mass is 683 g/mol. The third-order valence-electron chi connectivity index (χ3n) is 9.63. The van der Waals surface area contributed by atoms with Crippen LogP contribution in [0.5, 0.6) is 0 Å². The Morgan fingerprint density at radius 3 is 2.13 bits per heavy atom. The lowest BCUT2D eigenvalue weighted by molar-refractivity contribution is 0.603. The van der Waals surface area contributed by atoms with Gasteiger partial charge in [0.1, 0.15) is 22.5 Å². The zero-order valence-electron chi connectivity index (χ0n) is 28.9. The summed E-state index contributed by atoms with van der Waals surface area (Å²) >= 11 is 0. The first-order valence-corrected chi connectivity index (χ1v) is 17.5. The summed E-state index contributed by atoms with van der Waals surface area (Å²) in [6.07, 6.45) is 5.50. The van der Waals surface area contributed by atoms with E-state index in [1.807, 2.05) is 60.7 Å². The van der Waals surface area contributed by atoms with Crippen molar-refractivity contribution in [3.63, 3.8) is 0 Å². The fourth-order valence-corrected chi connectivity index (χ4v) is 7.09. The van der Waals surface area contributed by atoms with Crippen LogP contribution < -0.4 is 0 Å². The normalized spacial score (nSPS) is 12.5. The summed E-state index contributed by atoms with van der Waals surface area (Å²) in [6.45, 7) is 8.26. The Hall–Kier alpha value is -7.11. The molecule has 0 saturated carbocycles. The highest BCUT2D eigenvalue weighted by Gasteiger charge is 2.23. The SMILES string of the molecule is C=C/C=C\c1oc2cccc(-c3ccc4c(c3)oc3ccccc34)c2c1C(N=C(N=C)c1ccc2ccccc2c1)=NCc1ccc2ccccc2c1. The van der Waals surface area contributed by atoms with Gasteiger partial charge in [-0.2, -0.15) is 0 Å². The number of hydrogen-bond acceptors (Lipinski definition) is 3. The maximum Gasteiger partial charge on any atom is 0.161 e. The molecule has 53 heavy (non-hydrogen) atoms. The minimum Gasteiger partial charge on any atom is -0.456 e. The Morgan fingerprint density at radius 2 is 1.32 bits per heavy atom. The molecule has 0 aliphatic heterocycles. The Balaban J connectivity index is 1.28. The third kappa shape index (κ3) is 5.94. The summed E-state index contributed by atoms with van der Waals surface area (Å²) in [5.41, 5.74) is 6.97. The zero-order valence-corrected chi connectivity index (χ0v) is 28.9. The van der Waals surface area contributed by atoms with Gasteiger partial charge in [0.2, 0.25) is 0 Å². The van der Waals surface area contributed by atoms with Crippen LogP contribution in [0.4, 0.5) is 0 Å². The van der Waals surface area contributed by atoms with E-state index in [9.17, 15) is 0 Å². The highest BCUT2D eigenvalue weighted by atomic mass is 16.3. The van der Waals surface area contributed by atoms with E-state index >= 15 is 0 Å². The number of nitrogens with zero attached hydrogens (tertiary/aromatic N) is 3. The van der Waals surface area contributed by atoms with Crippen molar-refractivity contribution in [3.8, 4) is 11.1 Å². The lowest BCUT2D eigenvalue weighted by atomic mass is 9.96. The first-order valence-electron chi connectivity index (χ1n) is 17.5. The molecule has 7 aromatic carbocycles. The van der Waals surface area contributed by atoms with Crippen molar-refractivity contribution in [2.75, 3.05) is 0 Å². The second-order valence-electron chi connectivity index (χ2n) is 12.9. The maximum absolute atomic E-state index is 6.61. The van der Waals surface area contributed by atoms with Crippen molar-refractivity contribution in [2.24, 2.45) is 15.0 Å². The van der Waals surface area contributed by atoms with Gasteiger partial charge in [-0.15, -0.1) is 0 Å². The zero-order chi connectivity index (χ0) is 35.7. The molecule has 9 rings (SSSR count). The lowest BCUT2D eigenvalue weighted by Crippen LogP contribution is -2.07. The largest absolute Gasteiger partial charge is 0.456 e. The summed E-state index contributed by atoms with van der Waals surface area (Å²) < 4.78 is 12.9. The minimum atomic E-state index is 0.385. The number of aliphatic imine (C=N–C) groups is 3. The van der Waals surface area contributed by atoms with Crippen LogP contribution in [0.1, 0.15) is 22.5 Å². The van der Waals surface area contributed by atoms with Gasteiger partial charge in [-0.05, 0) is 87.4 Å². The highest BCUT2D eigenvalue weighted by molar-refractivity contribution is 6.21. The van der Waals surface area contributed by atoms with E-state index < -0.39 is 0 Å². The number of hydrogen-bond donors (Lipinski definition) is 0. The molecule has 0 unspecified atom stereocenters. The third-order valence-corrected chi connectivity index (χ3v) is 9.63. The topological polar surface area (TPSA) is 63.4 Å². The van der Waals surface area contributed by atoms with Crippen LogP contribution in [0.2, 0.25) is 0 Å². The highest BCUT2D eigenvalue weighted by Crippen LogP contribution is 2.39. The predicted octanol–water partition coefficient (Wildman–Crippen LogP) is 12.6. The van der Waals surface area contributed by atoms with Gasteiger partial charge >= 0.3 is 0 Å². The molecule has 0 saturated heterocycles. The fraction of sp³-hybridized carbons (Fsp3) is 0.0208. The molecule has 0 amide bonds. The van der Waals surface area contributed by atoms with Crippen molar-refractivity contribution in [1.29, 1.82) is 0 Å². The number of fused-ring (bicyclic) bond motifs is 6. The molecular formula is C48H33N3O2. The first kappa shape index (κ1) is 31.8. The smallest absolute Gasteiger partial charge is 0.161 e. The van der Waals surface area contributed by atoms with E-state index in [2.05, 4.69) is 115 Å². The van der Waals surface area contributed by atoms with Gasteiger partial charge in [-0.25, -0.2) is 9.98 Å². The summed E-state index contributed by atoms with van der Waals surface area (Å²) in [5.74, 6) is 1.55. The van der Waals surface area contributed by atoms with Crippen LogP contribution in [-0.4, -0.2) is 18.4 Å². The Morgan fingerprint density at radius 1 is 0.604 bits per heavy atom. The van der Waals surface area contributed by atoms with Crippen molar-refractivity contribution < 1.29 is 8.83 Å². The van der Waals surface area contributed by atoms with E-state index in [1.54, 1.807) is 6.08 Å². The molecule has 5 nitrogen and oxygen atoms in total. The van der Waals surface area contributed by atoms with Crippen molar-refractivity contribution in [1.82, 2.24) is 0 Å². The number of amidine groups is 2. The van der Waals surface area contributed by atoms with Gasteiger partial charge in [0.15, 0.2) is 11.7 Å². The standard InChI is InChI=1S/C48H33N3O2/c1-3-4-18-43-46(45-38(17-11-20-42(45)53-43)36-25-26-40-39-16-9-10-19-41(39)52-44(40)29-36)48(50-30-31-21-22-32-12-5-7-14-34(32)27-31)51-47(49-2)37-24-23-33-13-6-8-15-35(33)28-37/h3-29H,1-2,30H2/b18-4-,50-48?,51-47?. The second-order valence-corrected chi connectivity index (χ2v) is 12.9. The van der Waals surface area contributed by atoms with Crippen LogP contribution in [0.25, 0.3) is 71.7 Å². The molecule has 0 bridgehead atoms. The Labute approximate surface area is 306 Å². The summed E-state index contributed by atoms with van der Waals surface area (Å²) in [6, 6.07) is 49.8. The number of allylic oxidation sites excluding steroid dienone is 2. The molecule has 9 aromatic rings. The van der Waals surface area contributed by atoms with Crippen molar-refractivity contribution in [2.45, 2.75) is 6.54 Å². The Kier molecular flexibility index (Phi) is 8.14. The average molecular weight is 684 g/mol. The molecule has 2 heterocycles. The maximum atomic E-state index is 6.61. The molecule has 0 aliphatic carbocycles. The number of para-hydroxylation sites is 1. The Bertz CT molecular complexity index is 2970. The minimum absolute atomic E-state index is 0.385. The van der Waals surface area contributed by atoms with E-state index in [4.69, 9.17) is 18.8 Å². The second kappa shape index (κ2) is 13.5. The van der Waals surface area contributed by atoms with Gasteiger partial charge in [-0.1, -0.05) is 128 Å². The summed E-state index contributed by atoms with van der Waals surface area (Å²) in [4.78, 5) is 14.9. The number of rotatable bonds is 7. The fourth-order valence-electron chi connectivity index (χ4n) is 7.09. The van der Waals surface area contributed by atoms with Gasteiger partial charge in [0, 0.05) is 21.7 Å². The summed E-state index contributed by atoms with van der Waals surface area (Å²) in [5, 5.41) is 7.59. The van der Waals surface area contributed by atoms with E-state index in [1.165, 1.54) is 5.39 Å². The number of furan rings is 2. The molecule has 0 aliphatic rings. The molecule has 0 atom stereocenters. The van der Waals surface area contributed by atoms with E-state index in [0.717, 1.165) is 71.3 Å². The van der Waals surface area contributed by atoms with Crippen LogP contribution in [0.15, 0.2) is 188 Å². The first-order chi connectivity index (χ1) is 26.2. The molecule has 252 valence electrons. The van der Waals surface area contributed by atoms with Gasteiger partial charge < -0.3 is 8.83 Å². The number of benzene rings is 7. The average Bonchev–Trinajstić information content (AvgIpc) is 3.78.